The average Bonchev–Trinajstić information content (AvgIpc) is 3.39. The van der Waals surface area contributed by atoms with E-state index in [4.69, 9.17) is 9.47 Å². The molecule has 0 spiro atoms. The number of piperidine rings is 1. The van der Waals surface area contributed by atoms with Gasteiger partial charge in [-0.3, -0.25) is 4.90 Å². The molecule has 0 bridgehead atoms. The molecule has 0 saturated carbocycles. The number of anilines is 1. The van der Waals surface area contributed by atoms with E-state index >= 15 is 4.39 Å². The number of nitrogens with zero attached hydrogens (tertiary/aromatic N) is 7. The summed E-state index contributed by atoms with van der Waals surface area (Å²) in [5.74, 6) is -0.251. The van der Waals surface area contributed by atoms with E-state index in [-0.39, 0.29) is 30.0 Å². The van der Waals surface area contributed by atoms with Crippen molar-refractivity contribution in [2.75, 3.05) is 45.4 Å². The molecule has 1 N–H and O–H groups in total. The van der Waals surface area contributed by atoms with E-state index in [1.807, 2.05) is 0 Å². The van der Waals surface area contributed by atoms with E-state index in [9.17, 15) is 8.78 Å². The number of benzene rings is 1. The lowest BCUT2D eigenvalue weighted by Crippen LogP contribution is -2.57. The summed E-state index contributed by atoms with van der Waals surface area (Å²) in [7, 11) is 1.43. The predicted molar refractivity (Wildman–Crippen MR) is 125 cm³/mol. The van der Waals surface area contributed by atoms with Gasteiger partial charge in [0.25, 0.3) is 0 Å². The largest absolute Gasteiger partial charge is 0.479 e. The Labute approximate surface area is 204 Å². The topological polar surface area (TPSA) is 94.6 Å². The number of hydrogen-bond donors (Lipinski definition) is 1. The first kappa shape index (κ1) is 23.0. The Bertz CT molecular complexity index is 1410. The summed E-state index contributed by atoms with van der Waals surface area (Å²) in [5, 5.41) is 15.4. The molecule has 2 aliphatic rings. The Morgan fingerprint density at radius 3 is 2.86 bits per heavy atom. The first-order chi connectivity index (χ1) is 17.6. The van der Waals surface area contributed by atoms with Crippen molar-refractivity contribution >= 4 is 22.5 Å². The van der Waals surface area contributed by atoms with Crippen molar-refractivity contribution in [3.8, 4) is 17.0 Å². The minimum Gasteiger partial charge on any atom is -0.479 e. The van der Waals surface area contributed by atoms with Crippen LogP contribution in [0.3, 0.4) is 0 Å². The number of nitrogens with one attached hydrogen (secondary N) is 1. The first-order valence-corrected chi connectivity index (χ1v) is 11.8. The van der Waals surface area contributed by atoms with Gasteiger partial charge < -0.3 is 14.8 Å². The molecule has 13 heteroatoms. The van der Waals surface area contributed by atoms with Gasteiger partial charge in [-0.15, -0.1) is 10.2 Å². The molecule has 190 valence electrons. The maximum atomic E-state index is 15.3. The van der Waals surface area contributed by atoms with E-state index in [1.165, 1.54) is 22.5 Å². The van der Waals surface area contributed by atoms with Gasteiger partial charge in [-0.1, -0.05) is 11.3 Å². The molecule has 2 atom stereocenters. The molecule has 36 heavy (non-hydrogen) atoms. The molecule has 3 aromatic heterocycles. The fraction of sp³-hybridized carbons (Fsp3) is 0.478. The number of ether oxygens (including phenoxy) is 2. The lowest BCUT2D eigenvalue weighted by Gasteiger charge is -2.42. The Kier molecular flexibility index (Phi) is 5.88. The lowest BCUT2D eigenvalue weighted by molar-refractivity contribution is -0.0794. The highest BCUT2D eigenvalue weighted by atomic mass is 19.1. The predicted octanol–water partition coefficient (Wildman–Crippen LogP) is 2.48. The lowest BCUT2D eigenvalue weighted by atomic mass is 10.0. The van der Waals surface area contributed by atoms with Gasteiger partial charge >= 0.3 is 0 Å². The van der Waals surface area contributed by atoms with Crippen molar-refractivity contribution in [3.05, 3.63) is 30.2 Å². The number of alkyl halides is 2. The van der Waals surface area contributed by atoms with Crippen LogP contribution < -0.4 is 10.1 Å². The highest BCUT2D eigenvalue weighted by Crippen LogP contribution is 2.35. The highest BCUT2D eigenvalue weighted by molar-refractivity contribution is 5.89. The van der Waals surface area contributed by atoms with Crippen LogP contribution in [0.4, 0.5) is 19.1 Å². The van der Waals surface area contributed by atoms with Crippen LogP contribution >= 0.6 is 0 Å². The zero-order valence-corrected chi connectivity index (χ0v) is 19.6. The number of halogens is 3. The van der Waals surface area contributed by atoms with Gasteiger partial charge in [0.1, 0.15) is 23.9 Å². The third kappa shape index (κ3) is 3.91. The Balaban J connectivity index is 1.32. The smallest absolute Gasteiger partial charge is 0.244 e. The molecule has 0 radical (unpaired) electrons. The van der Waals surface area contributed by atoms with E-state index in [0.29, 0.717) is 48.3 Å². The summed E-state index contributed by atoms with van der Waals surface area (Å²) in [6.07, 6.45) is 0.692. The minimum atomic E-state index is -1.11. The van der Waals surface area contributed by atoms with Crippen LogP contribution in [0.2, 0.25) is 0 Å². The highest BCUT2D eigenvalue weighted by Gasteiger charge is 2.36. The van der Waals surface area contributed by atoms with Crippen molar-refractivity contribution in [1.82, 2.24) is 34.5 Å². The van der Waals surface area contributed by atoms with Crippen LogP contribution in [-0.4, -0.2) is 92.8 Å². The molecule has 2 aliphatic heterocycles. The molecular formula is C23H25F3N8O2. The molecule has 5 heterocycles. The second kappa shape index (κ2) is 9.21. The number of methoxy groups -OCH3 is 1. The number of rotatable bonds is 7. The second-order valence-corrected chi connectivity index (χ2v) is 9.04. The monoisotopic (exact) mass is 502 g/mol. The molecule has 0 unspecified atom stereocenters. The van der Waals surface area contributed by atoms with Crippen molar-refractivity contribution in [2.45, 2.75) is 31.2 Å². The fourth-order valence-electron chi connectivity index (χ4n) is 4.89. The molecule has 10 nitrogen and oxygen atoms in total. The van der Waals surface area contributed by atoms with E-state index in [0.717, 1.165) is 6.54 Å². The zero-order valence-electron chi connectivity index (χ0n) is 19.6. The van der Waals surface area contributed by atoms with Crippen molar-refractivity contribution in [2.24, 2.45) is 0 Å². The first-order valence-electron chi connectivity index (χ1n) is 11.8. The number of aryl methyl sites for hydroxylation is 1. The number of aromatic nitrogens is 6. The van der Waals surface area contributed by atoms with Crippen LogP contribution in [0.5, 0.6) is 5.88 Å². The van der Waals surface area contributed by atoms with Gasteiger partial charge in [-0.25, -0.2) is 22.4 Å². The summed E-state index contributed by atoms with van der Waals surface area (Å²) in [6.45, 7) is 1.78. The second-order valence-electron chi connectivity index (χ2n) is 9.04. The van der Waals surface area contributed by atoms with E-state index < -0.39 is 24.7 Å². The van der Waals surface area contributed by atoms with Gasteiger partial charge in [0.15, 0.2) is 5.82 Å². The standard InChI is InChI=1S/C23H25F3N8O2/c1-35-22-21-20(13-2-3-18-19(8-13)33(7-5-24)31-29-18)16(26)10-34(21)30-23(28-22)27-17-4-6-32(9-15(17)25)14-11-36-12-14/h2-3,8,10,14-15,17H,4-7,9,11-12H2,1H3,(H,27,30)/t15-,17+/m0/s1. The Hall–Kier alpha value is -3.45. The third-order valence-electron chi connectivity index (χ3n) is 6.87. The summed E-state index contributed by atoms with van der Waals surface area (Å²) < 4.78 is 56.6. The van der Waals surface area contributed by atoms with Crippen molar-refractivity contribution in [1.29, 1.82) is 0 Å². The zero-order chi connectivity index (χ0) is 24.8. The molecule has 1 aromatic carbocycles. The fourth-order valence-corrected chi connectivity index (χ4v) is 4.89. The molecule has 2 fully saturated rings. The van der Waals surface area contributed by atoms with Gasteiger partial charge in [0.2, 0.25) is 11.8 Å². The molecule has 4 aromatic rings. The summed E-state index contributed by atoms with van der Waals surface area (Å²) in [4.78, 5) is 6.52. The van der Waals surface area contributed by atoms with E-state index in [2.05, 4.69) is 30.6 Å². The average molecular weight is 503 g/mol. The Morgan fingerprint density at radius 2 is 2.14 bits per heavy atom. The van der Waals surface area contributed by atoms with Crippen LogP contribution in [0.1, 0.15) is 6.42 Å². The maximum absolute atomic E-state index is 15.3. The number of hydrogen-bond acceptors (Lipinski definition) is 8. The molecule has 6 rings (SSSR count). The van der Waals surface area contributed by atoms with Crippen LogP contribution in [-0.2, 0) is 11.3 Å². The third-order valence-corrected chi connectivity index (χ3v) is 6.87. The summed E-state index contributed by atoms with van der Waals surface area (Å²) in [5.41, 5.74) is 2.22. The molecule has 0 aliphatic carbocycles. The van der Waals surface area contributed by atoms with Gasteiger partial charge in [0, 0.05) is 13.1 Å². The SMILES string of the molecule is COc1nc(N[C@@H]2CCN(C3COC3)C[C@@H]2F)nn2cc(F)c(-c3ccc4nnn(CCF)c4c3)c12. The van der Waals surface area contributed by atoms with Crippen molar-refractivity contribution < 1.29 is 22.6 Å². The quantitative estimate of drug-likeness (QED) is 0.412. The van der Waals surface area contributed by atoms with Crippen LogP contribution in [0.15, 0.2) is 24.4 Å². The summed E-state index contributed by atoms with van der Waals surface area (Å²) in [6, 6.07) is 4.90. The van der Waals surface area contributed by atoms with Crippen LogP contribution in [0.25, 0.3) is 27.7 Å². The van der Waals surface area contributed by atoms with Gasteiger partial charge in [-0.2, -0.15) is 4.98 Å². The number of fused-ring (bicyclic) bond motifs is 2. The van der Waals surface area contributed by atoms with E-state index in [1.54, 1.807) is 18.2 Å². The molecule has 0 amide bonds. The molecule has 2 saturated heterocycles. The van der Waals surface area contributed by atoms with Crippen LogP contribution in [0, 0.1) is 5.82 Å². The maximum Gasteiger partial charge on any atom is 0.244 e. The summed E-state index contributed by atoms with van der Waals surface area (Å²) >= 11 is 0. The Morgan fingerprint density at radius 1 is 1.28 bits per heavy atom. The molecular weight excluding hydrogens is 477 g/mol. The van der Waals surface area contributed by atoms with Gasteiger partial charge in [-0.05, 0) is 24.1 Å². The van der Waals surface area contributed by atoms with Crippen molar-refractivity contribution in [3.63, 3.8) is 0 Å². The minimum absolute atomic E-state index is 0.0450. The van der Waals surface area contributed by atoms with Gasteiger partial charge in [0.05, 0.1) is 56.2 Å². The normalized spacial score (nSPS) is 21.2. The number of likely N-dealkylation sites (tertiary alicyclic amines) is 1.